The van der Waals surface area contributed by atoms with Crippen molar-refractivity contribution in [3.63, 3.8) is 0 Å². The number of hydrogen-bond acceptors (Lipinski definition) is 2. The van der Waals surface area contributed by atoms with Crippen LogP contribution in [-0.4, -0.2) is 11.0 Å². The molecular weight excluding hydrogens is 203 g/mol. The van der Waals surface area contributed by atoms with Crippen LogP contribution in [0, 0.1) is 11.7 Å². The molecule has 2 unspecified atom stereocenters. The molecule has 0 saturated heterocycles. The SMILES string of the molecule is CCC(NC(C)c1ccc(F)cn1)C(C)C. The first kappa shape index (κ1) is 13.1. The zero-order valence-corrected chi connectivity index (χ0v) is 10.5. The lowest BCUT2D eigenvalue weighted by molar-refractivity contribution is 0.352. The Morgan fingerprint density at radius 3 is 2.44 bits per heavy atom. The zero-order valence-electron chi connectivity index (χ0n) is 10.5. The third-order valence-electron chi connectivity index (χ3n) is 2.90. The van der Waals surface area contributed by atoms with Crippen molar-refractivity contribution >= 4 is 0 Å². The Hall–Kier alpha value is -0.960. The van der Waals surface area contributed by atoms with Crippen LogP contribution >= 0.6 is 0 Å². The number of nitrogens with zero attached hydrogens (tertiary/aromatic N) is 1. The number of nitrogens with one attached hydrogen (secondary N) is 1. The molecule has 0 amide bonds. The maximum atomic E-state index is 12.7. The van der Waals surface area contributed by atoms with E-state index in [0.717, 1.165) is 12.1 Å². The molecule has 0 radical (unpaired) electrons. The van der Waals surface area contributed by atoms with Gasteiger partial charge in [0.05, 0.1) is 11.9 Å². The second-order valence-electron chi connectivity index (χ2n) is 4.55. The van der Waals surface area contributed by atoms with Crippen molar-refractivity contribution in [3.8, 4) is 0 Å². The Balaban J connectivity index is 2.64. The van der Waals surface area contributed by atoms with Gasteiger partial charge in [-0.15, -0.1) is 0 Å². The van der Waals surface area contributed by atoms with E-state index in [2.05, 4.69) is 38.0 Å². The van der Waals surface area contributed by atoms with Crippen molar-refractivity contribution in [1.82, 2.24) is 10.3 Å². The van der Waals surface area contributed by atoms with Gasteiger partial charge < -0.3 is 5.32 Å². The van der Waals surface area contributed by atoms with Gasteiger partial charge in [-0.1, -0.05) is 20.8 Å². The second-order valence-corrected chi connectivity index (χ2v) is 4.55. The standard InChI is InChI=1S/C13H21FN2/c1-5-12(9(2)3)16-10(4)13-7-6-11(14)8-15-13/h6-10,12,16H,5H2,1-4H3. The molecule has 0 aliphatic rings. The van der Waals surface area contributed by atoms with E-state index in [-0.39, 0.29) is 11.9 Å². The average molecular weight is 224 g/mol. The van der Waals surface area contributed by atoms with Gasteiger partial charge in [0.1, 0.15) is 5.82 Å². The summed E-state index contributed by atoms with van der Waals surface area (Å²) < 4.78 is 12.7. The Morgan fingerprint density at radius 1 is 1.31 bits per heavy atom. The summed E-state index contributed by atoms with van der Waals surface area (Å²) in [7, 11) is 0. The topological polar surface area (TPSA) is 24.9 Å². The van der Waals surface area contributed by atoms with E-state index in [1.807, 2.05) is 0 Å². The molecule has 1 heterocycles. The summed E-state index contributed by atoms with van der Waals surface area (Å²) in [6.07, 6.45) is 2.35. The predicted octanol–water partition coefficient (Wildman–Crippen LogP) is 3.31. The fourth-order valence-corrected chi connectivity index (χ4v) is 1.83. The molecule has 0 fully saturated rings. The third-order valence-corrected chi connectivity index (χ3v) is 2.90. The number of hydrogen-bond donors (Lipinski definition) is 1. The van der Waals surface area contributed by atoms with Crippen LogP contribution in [0.4, 0.5) is 4.39 Å². The van der Waals surface area contributed by atoms with E-state index < -0.39 is 0 Å². The summed E-state index contributed by atoms with van der Waals surface area (Å²) in [5, 5.41) is 3.52. The molecule has 2 nitrogen and oxygen atoms in total. The van der Waals surface area contributed by atoms with Gasteiger partial charge in [-0.3, -0.25) is 4.98 Å². The van der Waals surface area contributed by atoms with E-state index in [9.17, 15) is 4.39 Å². The van der Waals surface area contributed by atoms with Crippen molar-refractivity contribution in [1.29, 1.82) is 0 Å². The normalized spacial score (nSPS) is 15.1. The molecule has 0 bridgehead atoms. The first-order valence-electron chi connectivity index (χ1n) is 5.92. The van der Waals surface area contributed by atoms with Crippen LogP contribution in [0.5, 0.6) is 0 Å². The largest absolute Gasteiger partial charge is 0.306 e. The molecule has 1 aromatic heterocycles. The minimum atomic E-state index is -0.285. The van der Waals surface area contributed by atoms with E-state index in [1.165, 1.54) is 12.3 Å². The Kier molecular flexibility index (Phi) is 4.87. The third kappa shape index (κ3) is 3.56. The molecular formula is C13H21FN2. The van der Waals surface area contributed by atoms with Crippen molar-refractivity contribution in [2.24, 2.45) is 5.92 Å². The molecule has 3 heteroatoms. The van der Waals surface area contributed by atoms with Crippen LogP contribution in [0.3, 0.4) is 0 Å². The summed E-state index contributed by atoms with van der Waals surface area (Å²) in [5.41, 5.74) is 0.889. The molecule has 0 aliphatic heterocycles. The summed E-state index contributed by atoms with van der Waals surface area (Å²) in [4.78, 5) is 4.09. The fraction of sp³-hybridized carbons (Fsp3) is 0.615. The van der Waals surface area contributed by atoms with Crippen LogP contribution in [0.1, 0.15) is 45.9 Å². The zero-order chi connectivity index (χ0) is 12.1. The van der Waals surface area contributed by atoms with Crippen molar-refractivity contribution in [3.05, 3.63) is 29.8 Å². The number of aromatic nitrogens is 1. The van der Waals surface area contributed by atoms with E-state index >= 15 is 0 Å². The molecule has 0 aromatic carbocycles. The van der Waals surface area contributed by atoms with Crippen molar-refractivity contribution in [2.45, 2.75) is 46.2 Å². The Labute approximate surface area is 97.3 Å². The molecule has 1 aromatic rings. The highest BCUT2D eigenvalue weighted by Crippen LogP contribution is 2.14. The monoisotopic (exact) mass is 224 g/mol. The van der Waals surface area contributed by atoms with Crippen LogP contribution < -0.4 is 5.32 Å². The fourth-order valence-electron chi connectivity index (χ4n) is 1.83. The molecule has 16 heavy (non-hydrogen) atoms. The Bertz CT molecular complexity index is 308. The summed E-state index contributed by atoms with van der Waals surface area (Å²) in [6.45, 7) is 8.63. The van der Waals surface area contributed by atoms with Gasteiger partial charge in [0.25, 0.3) is 0 Å². The van der Waals surface area contributed by atoms with Crippen LogP contribution in [-0.2, 0) is 0 Å². The van der Waals surface area contributed by atoms with Gasteiger partial charge in [0, 0.05) is 12.1 Å². The summed E-state index contributed by atoms with van der Waals surface area (Å²) >= 11 is 0. The summed E-state index contributed by atoms with van der Waals surface area (Å²) in [6, 6.07) is 3.83. The maximum absolute atomic E-state index is 12.7. The molecule has 1 rings (SSSR count). The highest BCUT2D eigenvalue weighted by Gasteiger charge is 2.15. The highest BCUT2D eigenvalue weighted by molar-refractivity contribution is 5.09. The van der Waals surface area contributed by atoms with Crippen LogP contribution in [0.2, 0.25) is 0 Å². The average Bonchev–Trinajstić information content (AvgIpc) is 2.26. The van der Waals surface area contributed by atoms with Gasteiger partial charge in [-0.05, 0) is 31.4 Å². The lowest BCUT2D eigenvalue weighted by atomic mass is 10.0. The van der Waals surface area contributed by atoms with Gasteiger partial charge in [0.15, 0.2) is 0 Å². The van der Waals surface area contributed by atoms with Gasteiger partial charge >= 0.3 is 0 Å². The van der Waals surface area contributed by atoms with E-state index in [4.69, 9.17) is 0 Å². The van der Waals surface area contributed by atoms with E-state index in [0.29, 0.717) is 12.0 Å². The molecule has 2 atom stereocenters. The van der Waals surface area contributed by atoms with Crippen molar-refractivity contribution < 1.29 is 4.39 Å². The molecule has 0 spiro atoms. The summed E-state index contributed by atoms with van der Waals surface area (Å²) in [5.74, 6) is 0.305. The van der Waals surface area contributed by atoms with Crippen LogP contribution in [0.25, 0.3) is 0 Å². The molecule has 0 saturated carbocycles. The van der Waals surface area contributed by atoms with Gasteiger partial charge in [-0.25, -0.2) is 4.39 Å². The number of pyridine rings is 1. The minimum absolute atomic E-state index is 0.160. The second kappa shape index (κ2) is 5.94. The lowest BCUT2D eigenvalue weighted by Crippen LogP contribution is -2.35. The molecule has 1 N–H and O–H groups in total. The first-order valence-corrected chi connectivity index (χ1v) is 5.92. The Morgan fingerprint density at radius 2 is 2.00 bits per heavy atom. The lowest BCUT2D eigenvalue weighted by Gasteiger charge is -2.25. The van der Waals surface area contributed by atoms with Crippen molar-refractivity contribution in [2.75, 3.05) is 0 Å². The van der Waals surface area contributed by atoms with Gasteiger partial charge in [0.2, 0.25) is 0 Å². The van der Waals surface area contributed by atoms with Gasteiger partial charge in [-0.2, -0.15) is 0 Å². The number of rotatable bonds is 5. The highest BCUT2D eigenvalue weighted by atomic mass is 19.1. The molecule has 90 valence electrons. The minimum Gasteiger partial charge on any atom is -0.306 e. The smallest absolute Gasteiger partial charge is 0.141 e. The first-order chi connectivity index (χ1) is 7.54. The van der Waals surface area contributed by atoms with E-state index in [1.54, 1.807) is 6.07 Å². The molecule has 0 aliphatic carbocycles. The van der Waals surface area contributed by atoms with Crippen LogP contribution in [0.15, 0.2) is 18.3 Å². The predicted molar refractivity (Wildman–Crippen MR) is 64.7 cm³/mol. The quantitative estimate of drug-likeness (QED) is 0.830. The maximum Gasteiger partial charge on any atom is 0.141 e. The number of halogens is 1.